The Bertz CT molecular complexity index is 295. The van der Waals surface area contributed by atoms with Crippen LogP contribution in [0, 0.1) is 11.8 Å². The summed E-state index contributed by atoms with van der Waals surface area (Å²) in [5, 5.41) is 0. The molecule has 0 aromatic carbocycles. The fourth-order valence-electron chi connectivity index (χ4n) is 3.08. The lowest BCUT2D eigenvalue weighted by Crippen LogP contribution is -2.44. The highest BCUT2D eigenvalue weighted by molar-refractivity contribution is 5.85. The summed E-state index contributed by atoms with van der Waals surface area (Å²) < 4.78 is 0. The summed E-state index contributed by atoms with van der Waals surface area (Å²) in [6.07, 6.45) is 7.15. The van der Waals surface area contributed by atoms with E-state index in [1.165, 1.54) is 25.7 Å². The fraction of sp³-hybridized carbons (Fsp3) is 0.857. The van der Waals surface area contributed by atoms with Crippen molar-refractivity contribution < 1.29 is 9.59 Å². The molecular formula is C14H23NO2. The fourth-order valence-corrected chi connectivity index (χ4v) is 3.08. The molecule has 1 aliphatic heterocycles. The van der Waals surface area contributed by atoms with Crippen molar-refractivity contribution in [1.82, 2.24) is 4.90 Å². The van der Waals surface area contributed by atoms with Gasteiger partial charge in [-0.1, -0.05) is 19.8 Å². The third kappa shape index (κ3) is 3.08. The lowest BCUT2D eigenvalue weighted by Gasteiger charge is -2.32. The Hall–Kier alpha value is -0.860. The van der Waals surface area contributed by atoms with E-state index in [9.17, 15) is 9.59 Å². The molecule has 3 heteroatoms. The molecule has 1 saturated heterocycles. The zero-order valence-electron chi connectivity index (χ0n) is 10.8. The number of carbonyl (C=O) groups excluding carboxylic acids is 2. The molecule has 17 heavy (non-hydrogen) atoms. The summed E-state index contributed by atoms with van der Waals surface area (Å²) in [6.45, 7) is 3.36. The van der Waals surface area contributed by atoms with Crippen LogP contribution in [-0.4, -0.2) is 29.7 Å². The maximum atomic E-state index is 12.1. The molecule has 0 spiro atoms. The normalized spacial score (nSPS) is 26.5. The molecule has 2 fully saturated rings. The number of ketones is 1. The summed E-state index contributed by atoms with van der Waals surface area (Å²) >= 11 is 0. The number of piperidine rings is 1. The molecule has 1 amide bonds. The lowest BCUT2D eigenvalue weighted by molar-refractivity contribution is -0.138. The molecule has 96 valence electrons. The first-order valence-electron chi connectivity index (χ1n) is 7.01. The highest BCUT2D eigenvalue weighted by atomic mass is 16.2. The van der Waals surface area contributed by atoms with Gasteiger partial charge in [0.2, 0.25) is 5.91 Å². The Morgan fingerprint density at radius 1 is 1.35 bits per heavy atom. The first-order valence-corrected chi connectivity index (χ1v) is 7.01. The van der Waals surface area contributed by atoms with Crippen molar-refractivity contribution in [3.8, 4) is 0 Å². The van der Waals surface area contributed by atoms with Crippen molar-refractivity contribution >= 4 is 11.7 Å². The van der Waals surface area contributed by atoms with Crippen LogP contribution in [-0.2, 0) is 9.59 Å². The van der Waals surface area contributed by atoms with E-state index in [2.05, 4.69) is 0 Å². The molecule has 1 heterocycles. The highest BCUT2D eigenvalue weighted by Gasteiger charge is 2.29. The number of Topliss-reactive ketones (excluding diaryl/α,β-unsaturated/α-hetero) is 1. The molecule has 0 radical (unpaired) electrons. The van der Waals surface area contributed by atoms with Crippen molar-refractivity contribution in [2.24, 2.45) is 11.8 Å². The first kappa shape index (κ1) is 12.6. The molecule has 3 nitrogen and oxygen atoms in total. The minimum absolute atomic E-state index is 0.0938. The van der Waals surface area contributed by atoms with E-state index in [1.807, 2.05) is 11.8 Å². The molecule has 1 saturated carbocycles. The number of nitrogens with zero attached hydrogens (tertiary/aromatic N) is 1. The predicted octanol–water partition coefficient (Wildman–Crippen LogP) is 2.39. The van der Waals surface area contributed by atoms with Gasteiger partial charge in [0.1, 0.15) is 5.78 Å². The standard InChI is InChI=1S/C14H23NO2/c1-2-12-10-15(8-7-13(12)16)14(17)9-11-5-3-4-6-11/h11-12H,2-10H2,1H3. The third-order valence-corrected chi connectivity index (χ3v) is 4.31. The zero-order chi connectivity index (χ0) is 12.3. The second kappa shape index (κ2) is 5.65. The van der Waals surface area contributed by atoms with Crippen LogP contribution in [0.4, 0.5) is 0 Å². The Morgan fingerprint density at radius 3 is 2.71 bits per heavy atom. The van der Waals surface area contributed by atoms with Gasteiger partial charge >= 0.3 is 0 Å². The van der Waals surface area contributed by atoms with E-state index in [-0.39, 0.29) is 11.8 Å². The predicted molar refractivity (Wildman–Crippen MR) is 66.6 cm³/mol. The largest absolute Gasteiger partial charge is 0.342 e. The summed E-state index contributed by atoms with van der Waals surface area (Å²) in [5.74, 6) is 1.33. The second-order valence-corrected chi connectivity index (χ2v) is 5.52. The molecular weight excluding hydrogens is 214 g/mol. The Kier molecular flexibility index (Phi) is 4.19. The van der Waals surface area contributed by atoms with Crippen LogP contribution < -0.4 is 0 Å². The minimum atomic E-state index is 0.0938. The highest BCUT2D eigenvalue weighted by Crippen LogP contribution is 2.28. The number of hydrogen-bond donors (Lipinski definition) is 0. The summed E-state index contributed by atoms with van der Waals surface area (Å²) in [6, 6.07) is 0. The van der Waals surface area contributed by atoms with Crippen LogP contribution in [0.3, 0.4) is 0 Å². The molecule has 0 N–H and O–H groups in total. The van der Waals surface area contributed by atoms with Gasteiger partial charge in [-0.25, -0.2) is 0 Å². The maximum absolute atomic E-state index is 12.1. The smallest absolute Gasteiger partial charge is 0.222 e. The Labute approximate surface area is 104 Å². The Morgan fingerprint density at radius 2 is 2.06 bits per heavy atom. The molecule has 2 rings (SSSR count). The van der Waals surface area contributed by atoms with E-state index in [1.54, 1.807) is 0 Å². The monoisotopic (exact) mass is 237 g/mol. The van der Waals surface area contributed by atoms with Gasteiger partial charge in [-0.15, -0.1) is 0 Å². The second-order valence-electron chi connectivity index (χ2n) is 5.52. The lowest BCUT2D eigenvalue weighted by atomic mass is 9.93. The first-order chi connectivity index (χ1) is 8.20. The van der Waals surface area contributed by atoms with Gasteiger partial charge in [-0.3, -0.25) is 9.59 Å². The number of hydrogen-bond acceptors (Lipinski definition) is 2. The van der Waals surface area contributed by atoms with Gasteiger partial charge in [0.15, 0.2) is 0 Å². The Balaban J connectivity index is 1.84. The van der Waals surface area contributed by atoms with Gasteiger partial charge in [0.25, 0.3) is 0 Å². The van der Waals surface area contributed by atoms with Crippen molar-refractivity contribution in [2.75, 3.05) is 13.1 Å². The summed E-state index contributed by atoms with van der Waals surface area (Å²) in [5.41, 5.74) is 0. The quantitative estimate of drug-likeness (QED) is 0.756. The summed E-state index contributed by atoms with van der Waals surface area (Å²) in [4.78, 5) is 25.7. The molecule has 1 unspecified atom stereocenters. The average molecular weight is 237 g/mol. The van der Waals surface area contributed by atoms with E-state index >= 15 is 0 Å². The SMILES string of the molecule is CCC1CN(C(=O)CC2CCCC2)CCC1=O. The topological polar surface area (TPSA) is 37.4 Å². The van der Waals surface area contributed by atoms with Crippen molar-refractivity contribution in [3.63, 3.8) is 0 Å². The van der Waals surface area contributed by atoms with Gasteiger partial charge < -0.3 is 4.90 Å². The van der Waals surface area contributed by atoms with E-state index < -0.39 is 0 Å². The zero-order valence-corrected chi connectivity index (χ0v) is 10.8. The van der Waals surface area contributed by atoms with Crippen molar-refractivity contribution in [1.29, 1.82) is 0 Å². The molecule has 0 bridgehead atoms. The van der Waals surface area contributed by atoms with E-state index in [0.717, 1.165) is 6.42 Å². The summed E-state index contributed by atoms with van der Waals surface area (Å²) in [7, 11) is 0. The van der Waals surface area contributed by atoms with Crippen molar-refractivity contribution in [2.45, 2.75) is 51.9 Å². The number of carbonyl (C=O) groups is 2. The number of amides is 1. The van der Waals surface area contributed by atoms with Crippen molar-refractivity contribution in [3.05, 3.63) is 0 Å². The molecule has 1 atom stereocenters. The minimum Gasteiger partial charge on any atom is -0.342 e. The van der Waals surface area contributed by atoms with Crippen LogP contribution in [0.25, 0.3) is 0 Å². The third-order valence-electron chi connectivity index (χ3n) is 4.31. The van der Waals surface area contributed by atoms with Crippen LogP contribution in [0.15, 0.2) is 0 Å². The number of rotatable bonds is 3. The van der Waals surface area contributed by atoms with Gasteiger partial charge in [0.05, 0.1) is 0 Å². The average Bonchev–Trinajstić information content (AvgIpc) is 2.82. The van der Waals surface area contributed by atoms with Gasteiger partial charge in [-0.05, 0) is 25.2 Å². The number of likely N-dealkylation sites (tertiary alicyclic amines) is 1. The maximum Gasteiger partial charge on any atom is 0.222 e. The molecule has 0 aromatic heterocycles. The molecule has 2 aliphatic rings. The van der Waals surface area contributed by atoms with Gasteiger partial charge in [0, 0.05) is 31.8 Å². The van der Waals surface area contributed by atoms with E-state index in [4.69, 9.17) is 0 Å². The molecule has 0 aromatic rings. The van der Waals surface area contributed by atoms with Crippen LogP contribution in [0.2, 0.25) is 0 Å². The van der Waals surface area contributed by atoms with Crippen LogP contribution in [0.5, 0.6) is 0 Å². The molecule has 1 aliphatic carbocycles. The van der Waals surface area contributed by atoms with Crippen LogP contribution in [0.1, 0.15) is 51.9 Å². The van der Waals surface area contributed by atoms with Gasteiger partial charge in [-0.2, -0.15) is 0 Å². The van der Waals surface area contributed by atoms with E-state index in [0.29, 0.717) is 37.6 Å². The van der Waals surface area contributed by atoms with Crippen LogP contribution >= 0.6 is 0 Å².